The Morgan fingerprint density at radius 3 is 2.32 bits per heavy atom. The van der Waals surface area contributed by atoms with Crippen molar-refractivity contribution >= 4 is 33.2 Å². The van der Waals surface area contributed by atoms with E-state index in [1.807, 2.05) is 13.8 Å². The lowest BCUT2D eigenvalue weighted by Crippen LogP contribution is -2.52. The number of nitrogens with zero attached hydrogens (tertiary/aromatic N) is 3. The molecular weight excluding hydrogens is 548 g/mol. The Hall–Kier alpha value is -4.45. The second-order valence-electron chi connectivity index (χ2n) is 9.47. The maximum Gasteiger partial charge on any atom is 0.271 e. The first kappa shape index (κ1) is 31.1. The quantitative estimate of drug-likeness (QED) is 0.236. The molecule has 0 aliphatic heterocycles. The van der Waals surface area contributed by atoms with Crippen molar-refractivity contribution in [2.45, 2.75) is 50.7 Å². The van der Waals surface area contributed by atoms with Crippen LogP contribution in [-0.4, -0.2) is 55.8 Å². The summed E-state index contributed by atoms with van der Waals surface area (Å²) in [5.41, 5.74) is 0.265. The zero-order valence-corrected chi connectivity index (χ0v) is 24.2. The van der Waals surface area contributed by atoms with Crippen LogP contribution in [0, 0.1) is 10.1 Å². The number of methoxy groups -OCH3 is 1. The van der Waals surface area contributed by atoms with Gasteiger partial charge in [0.15, 0.2) is 0 Å². The van der Waals surface area contributed by atoms with Crippen LogP contribution in [0.4, 0.5) is 11.4 Å². The number of anilines is 1. The van der Waals surface area contributed by atoms with E-state index in [1.165, 1.54) is 54.5 Å². The summed E-state index contributed by atoms with van der Waals surface area (Å²) in [4.78, 5) is 39.1. The lowest BCUT2D eigenvalue weighted by Gasteiger charge is -2.32. The molecule has 0 heterocycles. The van der Waals surface area contributed by atoms with Crippen molar-refractivity contribution in [3.8, 4) is 5.75 Å². The van der Waals surface area contributed by atoms with Gasteiger partial charge in [-0.25, -0.2) is 8.42 Å². The first-order valence-electron chi connectivity index (χ1n) is 13.0. The van der Waals surface area contributed by atoms with Gasteiger partial charge in [0.2, 0.25) is 11.8 Å². The average Bonchev–Trinajstić information content (AvgIpc) is 2.98. The monoisotopic (exact) mass is 582 g/mol. The molecular formula is C29H34N4O7S. The standard InChI is InChI=1S/C29H34N4O7S/c1-5-21(2)30-29(35)22(3)31(19-23-11-9-14-26(17-23)40-4)28(34)20-32(24-12-10-13-25(18-24)33(36)37)41(38,39)27-15-7-6-8-16-27/h6-18,21-22H,5,19-20H2,1-4H3,(H,30,35)/t21-,22-/m1/s1. The van der Waals surface area contributed by atoms with Crippen molar-refractivity contribution in [3.05, 3.63) is 94.5 Å². The topological polar surface area (TPSA) is 139 Å². The van der Waals surface area contributed by atoms with E-state index in [0.29, 0.717) is 17.7 Å². The van der Waals surface area contributed by atoms with E-state index in [4.69, 9.17) is 4.74 Å². The second-order valence-corrected chi connectivity index (χ2v) is 11.3. The molecule has 0 spiro atoms. The third-order valence-corrected chi connectivity index (χ3v) is 8.38. The lowest BCUT2D eigenvalue weighted by molar-refractivity contribution is -0.384. The largest absolute Gasteiger partial charge is 0.497 e. The molecule has 0 saturated carbocycles. The summed E-state index contributed by atoms with van der Waals surface area (Å²) in [6.45, 7) is 4.61. The van der Waals surface area contributed by atoms with E-state index in [0.717, 1.165) is 10.4 Å². The highest BCUT2D eigenvalue weighted by Crippen LogP contribution is 2.27. The van der Waals surface area contributed by atoms with Crippen LogP contribution in [0.5, 0.6) is 5.75 Å². The molecule has 1 N–H and O–H groups in total. The highest BCUT2D eigenvalue weighted by molar-refractivity contribution is 7.92. The van der Waals surface area contributed by atoms with Crippen molar-refractivity contribution in [3.63, 3.8) is 0 Å². The number of sulfonamides is 1. The molecule has 12 heteroatoms. The molecule has 41 heavy (non-hydrogen) atoms. The molecule has 3 rings (SSSR count). The summed E-state index contributed by atoms with van der Waals surface area (Å²) in [6, 6.07) is 18.4. The highest BCUT2D eigenvalue weighted by Gasteiger charge is 2.33. The van der Waals surface area contributed by atoms with E-state index in [2.05, 4.69) is 5.32 Å². The van der Waals surface area contributed by atoms with Gasteiger partial charge in [0, 0.05) is 24.7 Å². The minimum Gasteiger partial charge on any atom is -0.497 e. The van der Waals surface area contributed by atoms with Crippen molar-refractivity contribution in [2.75, 3.05) is 18.0 Å². The lowest BCUT2D eigenvalue weighted by atomic mass is 10.1. The number of rotatable bonds is 13. The van der Waals surface area contributed by atoms with Gasteiger partial charge in [-0.2, -0.15) is 0 Å². The minimum atomic E-state index is -4.33. The number of benzene rings is 3. The maximum atomic E-state index is 14.0. The van der Waals surface area contributed by atoms with Crippen LogP contribution >= 0.6 is 0 Å². The summed E-state index contributed by atoms with van der Waals surface area (Å²) in [7, 11) is -2.83. The molecule has 0 aliphatic carbocycles. The van der Waals surface area contributed by atoms with Gasteiger partial charge in [0.05, 0.1) is 22.6 Å². The minimum absolute atomic E-state index is 0.0146. The van der Waals surface area contributed by atoms with Gasteiger partial charge in [-0.3, -0.25) is 24.0 Å². The van der Waals surface area contributed by atoms with Crippen LogP contribution in [0.3, 0.4) is 0 Å². The summed E-state index contributed by atoms with van der Waals surface area (Å²) in [6.07, 6.45) is 0.679. The number of nitrogens with one attached hydrogen (secondary N) is 1. The average molecular weight is 583 g/mol. The van der Waals surface area contributed by atoms with Gasteiger partial charge in [0.25, 0.3) is 15.7 Å². The van der Waals surface area contributed by atoms with E-state index in [1.54, 1.807) is 37.3 Å². The number of carbonyl (C=O) groups excluding carboxylic acids is 2. The first-order valence-corrected chi connectivity index (χ1v) is 14.5. The second kappa shape index (κ2) is 13.8. The number of nitro benzene ring substituents is 1. The zero-order valence-electron chi connectivity index (χ0n) is 23.4. The Morgan fingerprint density at radius 2 is 1.68 bits per heavy atom. The molecule has 0 unspecified atom stereocenters. The fourth-order valence-electron chi connectivity index (χ4n) is 4.03. The number of carbonyl (C=O) groups is 2. The molecule has 0 radical (unpaired) electrons. The van der Waals surface area contributed by atoms with Crippen LogP contribution in [0.15, 0.2) is 83.8 Å². The first-order chi connectivity index (χ1) is 19.5. The molecule has 0 bridgehead atoms. The molecule has 3 aromatic rings. The van der Waals surface area contributed by atoms with Crippen molar-refractivity contribution in [1.82, 2.24) is 10.2 Å². The molecule has 2 amide bonds. The van der Waals surface area contributed by atoms with E-state index in [-0.39, 0.29) is 28.9 Å². The SMILES string of the molecule is CC[C@@H](C)NC(=O)[C@@H](C)N(Cc1cccc(OC)c1)C(=O)CN(c1cccc([N+](=O)[O-])c1)S(=O)(=O)c1ccccc1. The summed E-state index contributed by atoms with van der Waals surface area (Å²) < 4.78 is 33.7. The van der Waals surface area contributed by atoms with E-state index in [9.17, 15) is 28.1 Å². The predicted molar refractivity (Wildman–Crippen MR) is 155 cm³/mol. The molecule has 0 saturated heterocycles. The van der Waals surface area contributed by atoms with Gasteiger partial charge >= 0.3 is 0 Å². The fraction of sp³-hybridized carbons (Fsp3) is 0.310. The molecule has 218 valence electrons. The fourth-order valence-corrected chi connectivity index (χ4v) is 5.45. The highest BCUT2D eigenvalue weighted by atomic mass is 32.2. The van der Waals surface area contributed by atoms with E-state index >= 15 is 0 Å². The number of amides is 2. The third kappa shape index (κ3) is 7.82. The summed E-state index contributed by atoms with van der Waals surface area (Å²) in [5, 5.41) is 14.3. The van der Waals surface area contributed by atoms with Crippen molar-refractivity contribution < 1.29 is 27.7 Å². The van der Waals surface area contributed by atoms with Crippen LogP contribution in [0.1, 0.15) is 32.8 Å². The predicted octanol–water partition coefficient (Wildman–Crippen LogP) is 4.13. The molecule has 2 atom stereocenters. The van der Waals surface area contributed by atoms with Crippen molar-refractivity contribution in [2.24, 2.45) is 0 Å². The molecule has 3 aromatic carbocycles. The molecule has 0 aliphatic rings. The number of nitro groups is 1. The van der Waals surface area contributed by atoms with Crippen LogP contribution < -0.4 is 14.4 Å². The third-order valence-electron chi connectivity index (χ3n) is 6.59. The number of hydrogen-bond donors (Lipinski definition) is 1. The van der Waals surface area contributed by atoms with Crippen LogP contribution in [-0.2, 0) is 26.2 Å². The summed E-state index contributed by atoms with van der Waals surface area (Å²) in [5.74, 6) is -0.523. The Kier molecular flexibility index (Phi) is 10.4. The zero-order chi connectivity index (χ0) is 30.2. The Labute approximate surface area is 239 Å². The summed E-state index contributed by atoms with van der Waals surface area (Å²) >= 11 is 0. The Morgan fingerprint density at radius 1 is 1.00 bits per heavy atom. The molecule has 0 aromatic heterocycles. The van der Waals surface area contributed by atoms with Crippen LogP contribution in [0.25, 0.3) is 0 Å². The number of ether oxygens (including phenoxy) is 1. The maximum absolute atomic E-state index is 14.0. The van der Waals surface area contributed by atoms with E-state index < -0.39 is 39.3 Å². The van der Waals surface area contributed by atoms with Gasteiger partial charge in [0.1, 0.15) is 18.3 Å². The number of non-ortho nitro benzene ring substituents is 1. The molecule has 11 nitrogen and oxygen atoms in total. The van der Waals surface area contributed by atoms with Gasteiger partial charge in [-0.1, -0.05) is 43.3 Å². The Bertz CT molecular complexity index is 1480. The van der Waals surface area contributed by atoms with Gasteiger partial charge < -0.3 is 15.0 Å². The smallest absolute Gasteiger partial charge is 0.271 e. The van der Waals surface area contributed by atoms with Gasteiger partial charge in [-0.15, -0.1) is 0 Å². The number of hydrogen-bond acceptors (Lipinski definition) is 7. The normalized spacial score (nSPS) is 12.6. The van der Waals surface area contributed by atoms with Crippen LogP contribution in [0.2, 0.25) is 0 Å². The molecule has 0 fully saturated rings. The van der Waals surface area contributed by atoms with Gasteiger partial charge in [-0.05, 0) is 56.2 Å². The Balaban J connectivity index is 2.06. The van der Waals surface area contributed by atoms with Crippen molar-refractivity contribution in [1.29, 1.82) is 0 Å².